The van der Waals surface area contributed by atoms with E-state index >= 15 is 0 Å². The van der Waals surface area contributed by atoms with Crippen LogP contribution in [0.4, 0.5) is 0 Å². The Kier molecular flexibility index (Phi) is 6.35. The van der Waals surface area contributed by atoms with Crippen LogP contribution in [0.3, 0.4) is 0 Å². The Bertz CT molecular complexity index is 686. The molecule has 0 aromatic heterocycles. The molecule has 0 amide bonds. The Balaban J connectivity index is 1.49. The van der Waals surface area contributed by atoms with Gasteiger partial charge in [-0.05, 0) is 117 Å². The number of hydrogen-bond acceptors (Lipinski definition) is 1. The lowest BCUT2D eigenvalue weighted by Crippen LogP contribution is -2.50. The Labute approximate surface area is 186 Å². The van der Waals surface area contributed by atoms with E-state index in [4.69, 9.17) is 0 Å². The van der Waals surface area contributed by atoms with E-state index in [1.807, 2.05) is 0 Å². The Morgan fingerprint density at radius 1 is 1.10 bits per heavy atom. The van der Waals surface area contributed by atoms with Crippen LogP contribution in [-0.2, 0) is 0 Å². The van der Waals surface area contributed by atoms with E-state index in [1.165, 1.54) is 51.4 Å². The quantitative estimate of drug-likeness (QED) is 0.454. The molecule has 1 N–H and O–H groups in total. The highest BCUT2D eigenvalue weighted by atomic mass is 16.3. The monoisotopic (exact) mass is 412 g/mol. The topological polar surface area (TPSA) is 20.2 Å². The highest BCUT2D eigenvalue weighted by Crippen LogP contribution is 2.67. The molecule has 0 saturated heterocycles. The molecule has 8 atom stereocenters. The first kappa shape index (κ1) is 22.6. The Morgan fingerprint density at radius 2 is 1.87 bits per heavy atom. The molecule has 1 nitrogen and oxygen atoms in total. The largest absolute Gasteiger partial charge is 0.393 e. The lowest BCUT2D eigenvalue weighted by Gasteiger charge is -2.58. The summed E-state index contributed by atoms with van der Waals surface area (Å²) in [5.74, 6) is 5.15. The van der Waals surface area contributed by atoms with Crippen molar-refractivity contribution in [1.29, 1.82) is 0 Å². The minimum Gasteiger partial charge on any atom is -0.393 e. The second-order valence-corrected chi connectivity index (χ2v) is 12.4. The van der Waals surface area contributed by atoms with Gasteiger partial charge in [-0.15, -0.1) is 0 Å². The van der Waals surface area contributed by atoms with Crippen LogP contribution in [0.5, 0.6) is 0 Å². The second kappa shape index (κ2) is 8.42. The fourth-order valence-corrected chi connectivity index (χ4v) is 8.98. The summed E-state index contributed by atoms with van der Waals surface area (Å²) in [5.41, 5.74) is 4.21. The fraction of sp³-hybridized carbons (Fsp3) is 0.862. The van der Waals surface area contributed by atoms with Crippen LogP contribution in [0.1, 0.15) is 106 Å². The zero-order valence-electron chi connectivity index (χ0n) is 20.7. The summed E-state index contributed by atoms with van der Waals surface area (Å²) >= 11 is 0. The van der Waals surface area contributed by atoms with Gasteiger partial charge >= 0.3 is 0 Å². The molecule has 4 rings (SSSR count). The van der Waals surface area contributed by atoms with Gasteiger partial charge in [0.05, 0.1) is 6.10 Å². The number of aliphatic hydroxyl groups is 1. The summed E-state index contributed by atoms with van der Waals surface area (Å²) < 4.78 is 0. The fourth-order valence-electron chi connectivity index (χ4n) is 8.98. The molecule has 1 heteroatoms. The average molecular weight is 413 g/mol. The molecule has 0 spiro atoms. The molecule has 0 aromatic carbocycles. The highest BCUT2D eigenvalue weighted by molar-refractivity contribution is 5.25. The predicted molar refractivity (Wildman–Crippen MR) is 128 cm³/mol. The van der Waals surface area contributed by atoms with Crippen molar-refractivity contribution in [3.63, 3.8) is 0 Å². The van der Waals surface area contributed by atoms with Gasteiger partial charge in [-0.3, -0.25) is 0 Å². The zero-order chi connectivity index (χ0) is 21.7. The highest BCUT2D eigenvalue weighted by Gasteiger charge is 2.59. The molecule has 3 saturated carbocycles. The van der Waals surface area contributed by atoms with E-state index in [0.717, 1.165) is 42.4 Å². The van der Waals surface area contributed by atoms with Gasteiger partial charge in [-0.1, -0.05) is 57.9 Å². The Morgan fingerprint density at radius 3 is 2.57 bits per heavy atom. The summed E-state index contributed by atoms with van der Waals surface area (Å²) in [6.45, 7) is 14.7. The zero-order valence-corrected chi connectivity index (χ0v) is 20.7. The molecule has 5 unspecified atom stereocenters. The maximum atomic E-state index is 10.2. The second-order valence-electron chi connectivity index (χ2n) is 12.4. The molecule has 0 bridgehead atoms. The minimum absolute atomic E-state index is 0.0839. The van der Waals surface area contributed by atoms with Crippen molar-refractivity contribution in [2.45, 2.75) is 112 Å². The molecule has 0 aromatic rings. The number of allylic oxidation sites excluding steroid dienone is 3. The maximum Gasteiger partial charge on any atom is 0.0577 e. The normalized spacial score (nSPS) is 44.9. The molecule has 0 heterocycles. The summed E-state index contributed by atoms with van der Waals surface area (Å²) in [6, 6.07) is 0. The summed E-state index contributed by atoms with van der Waals surface area (Å²) in [4.78, 5) is 0. The summed E-state index contributed by atoms with van der Waals surface area (Å²) in [6.07, 6.45) is 17.8. The van der Waals surface area contributed by atoms with Crippen LogP contribution < -0.4 is 0 Å². The van der Waals surface area contributed by atoms with Gasteiger partial charge in [0.1, 0.15) is 0 Å². The molecule has 170 valence electrons. The van der Waals surface area contributed by atoms with Crippen LogP contribution in [0.2, 0.25) is 0 Å². The molecule has 30 heavy (non-hydrogen) atoms. The van der Waals surface area contributed by atoms with Crippen molar-refractivity contribution in [1.82, 2.24) is 0 Å². The molecule has 3 fully saturated rings. The van der Waals surface area contributed by atoms with E-state index in [9.17, 15) is 5.11 Å². The molecule has 4 aliphatic rings. The van der Waals surface area contributed by atoms with E-state index in [1.54, 1.807) is 11.1 Å². The molecular formula is C29H48O. The van der Waals surface area contributed by atoms with Gasteiger partial charge in [-0.2, -0.15) is 0 Å². The number of hydrogen-bond donors (Lipinski definition) is 1. The van der Waals surface area contributed by atoms with Crippen LogP contribution in [-0.4, -0.2) is 11.2 Å². The van der Waals surface area contributed by atoms with E-state index in [-0.39, 0.29) is 6.10 Å². The van der Waals surface area contributed by atoms with Crippen molar-refractivity contribution in [3.05, 3.63) is 23.3 Å². The third-order valence-electron chi connectivity index (χ3n) is 10.8. The van der Waals surface area contributed by atoms with Crippen LogP contribution >= 0.6 is 0 Å². The number of fused-ring (bicyclic) bond motifs is 5. The van der Waals surface area contributed by atoms with Gasteiger partial charge in [0.15, 0.2) is 0 Å². The lowest BCUT2D eigenvalue weighted by atomic mass is 9.47. The number of aliphatic hydroxyl groups excluding tert-OH is 1. The van der Waals surface area contributed by atoms with Gasteiger partial charge in [0.2, 0.25) is 0 Å². The van der Waals surface area contributed by atoms with E-state index in [2.05, 4.69) is 53.7 Å². The van der Waals surface area contributed by atoms with Crippen LogP contribution in [0.15, 0.2) is 23.3 Å². The van der Waals surface area contributed by atoms with Gasteiger partial charge in [0, 0.05) is 0 Å². The SMILES string of the molecule is C/C=C(/CCC(C)C1CCC2C3CC=C4C[C@@H](O)CC[C@]4(C)C3CC[C@]12C)C(C)C. The van der Waals surface area contributed by atoms with Crippen molar-refractivity contribution >= 4 is 0 Å². The summed E-state index contributed by atoms with van der Waals surface area (Å²) in [5, 5.41) is 10.2. The van der Waals surface area contributed by atoms with Crippen LogP contribution in [0, 0.1) is 46.3 Å². The predicted octanol–water partition coefficient (Wildman–Crippen LogP) is 7.94. The van der Waals surface area contributed by atoms with Gasteiger partial charge in [-0.25, -0.2) is 0 Å². The smallest absolute Gasteiger partial charge is 0.0577 e. The standard InChI is InChI=1S/C29H48O/c1-7-21(19(2)3)9-8-20(4)25-12-13-26-24-11-10-22-18-23(30)14-16-28(22,5)27(24)15-17-29(25,26)6/h7,10,19-20,23-27,30H,8-9,11-18H2,1-6H3/b21-7-/t20?,23-,24?,25?,26?,27?,28-,29+/m0/s1. The molecular weight excluding hydrogens is 364 g/mol. The number of rotatable bonds is 5. The third-order valence-corrected chi connectivity index (χ3v) is 10.8. The van der Waals surface area contributed by atoms with Crippen molar-refractivity contribution < 1.29 is 5.11 Å². The van der Waals surface area contributed by atoms with Crippen molar-refractivity contribution in [3.8, 4) is 0 Å². The maximum absolute atomic E-state index is 10.2. The average Bonchev–Trinajstić information content (AvgIpc) is 3.06. The third kappa shape index (κ3) is 3.66. The first-order valence-corrected chi connectivity index (χ1v) is 13.2. The summed E-state index contributed by atoms with van der Waals surface area (Å²) in [7, 11) is 0. The first-order chi connectivity index (χ1) is 14.2. The van der Waals surface area contributed by atoms with Crippen molar-refractivity contribution in [2.24, 2.45) is 46.3 Å². The van der Waals surface area contributed by atoms with E-state index in [0.29, 0.717) is 16.7 Å². The first-order valence-electron chi connectivity index (χ1n) is 13.2. The molecule has 0 aliphatic heterocycles. The van der Waals surface area contributed by atoms with Gasteiger partial charge in [0.25, 0.3) is 0 Å². The van der Waals surface area contributed by atoms with E-state index < -0.39 is 0 Å². The van der Waals surface area contributed by atoms with Crippen LogP contribution in [0.25, 0.3) is 0 Å². The lowest BCUT2D eigenvalue weighted by molar-refractivity contribution is -0.0571. The molecule has 4 aliphatic carbocycles. The minimum atomic E-state index is -0.0839. The molecule has 0 radical (unpaired) electrons. The van der Waals surface area contributed by atoms with Gasteiger partial charge < -0.3 is 5.11 Å². The van der Waals surface area contributed by atoms with Crippen molar-refractivity contribution in [2.75, 3.05) is 0 Å². The Hall–Kier alpha value is -0.560.